The second-order valence-corrected chi connectivity index (χ2v) is 4.75. The van der Waals surface area contributed by atoms with Crippen LogP contribution in [-0.2, 0) is 0 Å². The summed E-state index contributed by atoms with van der Waals surface area (Å²) in [7, 11) is 1.55. The maximum Gasteiger partial charge on any atom is 0.262 e. The molecule has 0 saturated carbocycles. The molecule has 0 amide bonds. The fraction of sp³-hybridized carbons (Fsp3) is 0.0667. The molecule has 0 spiro atoms. The van der Waals surface area contributed by atoms with E-state index in [0.717, 1.165) is 0 Å². The first-order valence-corrected chi connectivity index (χ1v) is 6.52. The highest BCUT2D eigenvalue weighted by molar-refractivity contribution is 6.30. The van der Waals surface area contributed by atoms with Gasteiger partial charge in [-0.1, -0.05) is 28.9 Å². The van der Waals surface area contributed by atoms with Gasteiger partial charge in [0.2, 0.25) is 5.82 Å². The first kappa shape index (κ1) is 13.5. The summed E-state index contributed by atoms with van der Waals surface area (Å²) in [6, 6.07) is 11.8. The molecule has 2 aromatic carbocycles. The van der Waals surface area contributed by atoms with E-state index in [4.69, 9.17) is 20.9 Å². The van der Waals surface area contributed by atoms with Crippen LogP contribution < -0.4 is 4.74 Å². The Hall–Kier alpha value is -2.53. The molecule has 0 aliphatic heterocycles. The van der Waals surface area contributed by atoms with Gasteiger partial charge in [0.05, 0.1) is 12.7 Å². The molecule has 3 aromatic rings. The molecule has 0 saturated heterocycles. The van der Waals surface area contributed by atoms with Crippen LogP contribution in [0.15, 0.2) is 47.0 Å². The molecule has 1 N–H and O–H groups in total. The van der Waals surface area contributed by atoms with Crippen molar-refractivity contribution in [1.29, 1.82) is 0 Å². The Kier molecular flexibility index (Phi) is 3.50. The molecule has 0 aliphatic carbocycles. The minimum atomic E-state index is 0.138. The van der Waals surface area contributed by atoms with E-state index in [1.807, 2.05) is 0 Å². The number of hydrogen-bond acceptors (Lipinski definition) is 5. The summed E-state index contributed by atoms with van der Waals surface area (Å²) < 4.78 is 10.5. The maximum absolute atomic E-state index is 9.49. The van der Waals surface area contributed by atoms with Gasteiger partial charge in [-0.3, -0.25) is 0 Å². The predicted octanol–water partition coefficient (Wildman–Crippen LogP) is 3.77. The molecule has 1 aromatic heterocycles. The smallest absolute Gasteiger partial charge is 0.262 e. The Morgan fingerprint density at radius 3 is 2.81 bits per heavy atom. The lowest BCUT2D eigenvalue weighted by Crippen LogP contribution is -1.88. The second-order valence-electron chi connectivity index (χ2n) is 4.32. The lowest BCUT2D eigenvalue weighted by molar-refractivity contribution is 0.405. The number of aromatic nitrogens is 2. The highest BCUT2D eigenvalue weighted by atomic mass is 35.5. The Bertz CT molecular complexity index is 786. The quantitative estimate of drug-likeness (QED) is 0.797. The third-order valence-electron chi connectivity index (χ3n) is 2.92. The Balaban J connectivity index is 2.04. The van der Waals surface area contributed by atoms with Crippen molar-refractivity contribution >= 4 is 11.6 Å². The SMILES string of the molecule is COc1ccc(Cl)cc1-c1nc(-c2cccc(O)c2)no1. The predicted molar refractivity (Wildman–Crippen MR) is 78.4 cm³/mol. The summed E-state index contributed by atoms with van der Waals surface area (Å²) in [4.78, 5) is 4.31. The first-order chi connectivity index (χ1) is 10.2. The van der Waals surface area contributed by atoms with Crippen molar-refractivity contribution < 1.29 is 14.4 Å². The molecule has 5 nitrogen and oxygen atoms in total. The van der Waals surface area contributed by atoms with Crippen LogP contribution in [0.1, 0.15) is 0 Å². The summed E-state index contributed by atoms with van der Waals surface area (Å²) >= 11 is 5.99. The number of benzene rings is 2. The van der Waals surface area contributed by atoms with E-state index in [-0.39, 0.29) is 5.75 Å². The number of nitrogens with zero attached hydrogens (tertiary/aromatic N) is 2. The molecule has 1 heterocycles. The minimum Gasteiger partial charge on any atom is -0.508 e. The number of rotatable bonds is 3. The van der Waals surface area contributed by atoms with Crippen molar-refractivity contribution in [1.82, 2.24) is 10.1 Å². The van der Waals surface area contributed by atoms with E-state index in [1.165, 1.54) is 0 Å². The summed E-state index contributed by atoms with van der Waals surface area (Å²) in [5.74, 6) is 1.40. The van der Waals surface area contributed by atoms with Crippen molar-refractivity contribution in [3.63, 3.8) is 0 Å². The van der Waals surface area contributed by atoms with Crippen molar-refractivity contribution in [2.75, 3.05) is 7.11 Å². The molecule has 0 aliphatic rings. The van der Waals surface area contributed by atoms with Gasteiger partial charge in [-0.2, -0.15) is 4.98 Å². The van der Waals surface area contributed by atoms with Crippen LogP contribution in [-0.4, -0.2) is 22.4 Å². The first-order valence-electron chi connectivity index (χ1n) is 6.14. The molecule has 3 rings (SSSR count). The zero-order chi connectivity index (χ0) is 14.8. The van der Waals surface area contributed by atoms with Crippen LogP contribution in [0.3, 0.4) is 0 Å². The van der Waals surface area contributed by atoms with Gasteiger partial charge in [0.15, 0.2) is 0 Å². The Labute approximate surface area is 125 Å². The van der Waals surface area contributed by atoms with Crippen molar-refractivity contribution in [2.24, 2.45) is 0 Å². The van der Waals surface area contributed by atoms with E-state index in [2.05, 4.69) is 10.1 Å². The van der Waals surface area contributed by atoms with E-state index >= 15 is 0 Å². The average Bonchev–Trinajstić information content (AvgIpc) is 2.97. The van der Waals surface area contributed by atoms with Crippen LogP contribution in [0, 0.1) is 0 Å². The molecule has 0 radical (unpaired) electrons. The number of aromatic hydroxyl groups is 1. The molecule has 0 atom stereocenters. The van der Waals surface area contributed by atoms with Crippen molar-refractivity contribution in [3.05, 3.63) is 47.5 Å². The van der Waals surface area contributed by atoms with Gasteiger partial charge < -0.3 is 14.4 Å². The number of methoxy groups -OCH3 is 1. The van der Waals surface area contributed by atoms with Crippen LogP contribution in [0.5, 0.6) is 11.5 Å². The van der Waals surface area contributed by atoms with Gasteiger partial charge in [0.1, 0.15) is 11.5 Å². The molecule has 106 valence electrons. The highest BCUT2D eigenvalue weighted by Crippen LogP contribution is 2.32. The van der Waals surface area contributed by atoms with Gasteiger partial charge in [-0.15, -0.1) is 0 Å². The third kappa shape index (κ3) is 2.68. The molecular formula is C15H11ClN2O3. The molecular weight excluding hydrogens is 292 g/mol. The standard InChI is InChI=1S/C15H11ClN2O3/c1-20-13-6-5-10(16)8-12(13)15-17-14(18-21-15)9-3-2-4-11(19)7-9/h2-8,19H,1H3. The molecule has 0 fully saturated rings. The Morgan fingerprint density at radius 1 is 1.19 bits per heavy atom. The molecule has 21 heavy (non-hydrogen) atoms. The zero-order valence-corrected chi connectivity index (χ0v) is 11.8. The fourth-order valence-corrected chi connectivity index (χ4v) is 2.11. The van der Waals surface area contributed by atoms with Gasteiger partial charge >= 0.3 is 0 Å². The maximum atomic E-state index is 9.49. The van der Waals surface area contributed by atoms with E-state index < -0.39 is 0 Å². The minimum absolute atomic E-state index is 0.138. The summed E-state index contributed by atoms with van der Waals surface area (Å²) in [6.07, 6.45) is 0. The van der Waals surface area contributed by atoms with Crippen molar-refractivity contribution in [2.45, 2.75) is 0 Å². The number of halogens is 1. The van der Waals surface area contributed by atoms with Crippen LogP contribution >= 0.6 is 11.6 Å². The van der Waals surface area contributed by atoms with Crippen LogP contribution in [0.25, 0.3) is 22.8 Å². The topological polar surface area (TPSA) is 68.4 Å². The Morgan fingerprint density at radius 2 is 2.05 bits per heavy atom. The van der Waals surface area contributed by atoms with Crippen molar-refractivity contribution in [3.8, 4) is 34.3 Å². The number of hydrogen-bond donors (Lipinski definition) is 1. The third-order valence-corrected chi connectivity index (χ3v) is 3.16. The molecule has 0 unspecified atom stereocenters. The summed E-state index contributed by atoms with van der Waals surface area (Å²) in [5.41, 5.74) is 1.27. The fourth-order valence-electron chi connectivity index (χ4n) is 1.94. The monoisotopic (exact) mass is 302 g/mol. The van der Waals surface area contributed by atoms with Gasteiger partial charge in [0.25, 0.3) is 5.89 Å². The van der Waals surface area contributed by atoms with Crippen LogP contribution in [0.2, 0.25) is 5.02 Å². The van der Waals surface area contributed by atoms with E-state index in [1.54, 1.807) is 49.6 Å². The van der Waals surface area contributed by atoms with E-state index in [9.17, 15) is 5.11 Å². The lowest BCUT2D eigenvalue weighted by atomic mass is 10.2. The van der Waals surface area contributed by atoms with Gasteiger partial charge in [0, 0.05) is 10.6 Å². The summed E-state index contributed by atoms with van der Waals surface area (Å²) in [5, 5.41) is 14.0. The molecule has 6 heteroatoms. The zero-order valence-electron chi connectivity index (χ0n) is 11.1. The highest BCUT2D eigenvalue weighted by Gasteiger charge is 2.15. The van der Waals surface area contributed by atoms with Crippen LogP contribution in [0.4, 0.5) is 0 Å². The number of ether oxygens (including phenoxy) is 1. The normalized spacial score (nSPS) is 10.6. The summed E-state index contributed by atoms with van der Waals surface area (Å²) in [6.45, 7) is 0. The largest absolute Gasteiger partial charge is 0.508 e. The van der Waals surface area contributed by atoms with E-state index in [0.29, 0.717) is 33.6 Å². The lowest BCUT2D eigenvalue weighted by Gasteiger charge is -2.04. The average molecular weight is 303 g/mol. The number of phenolic OH excluding ortho intramolecular Hbond substituents is 1. The second kappa shape index (κ2) is 5.46. The number of phenols is 1. The molecule has 0 bridgehead atoms. The van der Waals surface area contributed by atoms with Gasteiger partial charge in [-0.25, -0.2) is 0 Å². The van der Waals surface area contributed by atoms with Gasteiger partial charge in [-0.05, 0) is 30.3 Å².